The zero-order valence-electron chi connectivity index (χ0n) is 11.7. The van der Waals surface area contributed by atoms with E-state index in [-0.39, 0.29) is 18.1 Å². The standard InChI is InChI=1S/C14H23N3O2/c1-16-7-6-11(9-16)8-15-14(19)17(2)10-12-4-3-5-13(12)18/h6-7,9,12-13,18H,3-5,8,10H2,1-2H3,(H,15,19). The molecule has 1 aromatic rings. The van der Waals surface area contributed by atoms with Crippen molar-refractivity contribution in [1.82, 2.24) is 14.8 Å². The smallest absolute Gasteiger partial charge is 0.317 e. The Morgan fingerprint density at radius 2 is 2.37 bits per heavy atom. The third kappa shape index (κ3) is 3.73. The van der Waals surface area contributed by atoms with Crippen LogP contribution in [0.5, 0.6) is 0 Å². The fourth-order valence-corrected chi connectivity index (χ4v) is 2.64. The van der Waals surface area contributed by atoms with Gasteiger partial charge in [-0.25, -0.2) is 4.79 Å². The molecule has 2 atom stereocenters. The Labute approximate surface area is 114 Å². The maximum atomic E-state index is 11.9. The number of rotatable bonds is 4. The Balaban J connectivity index is 1.76. The zero-order valence-corrected chi connectivity index (χ0v) is 11.7. The van der Waals surface area contributed by atoms with E-state index in [2.05, 4.69) is 5.32 Å². The van der Waals surface area contributed by atoms with E-state index in [1.165, 1.54) is 0 Å². The summed E-state index contributed by atoms with van der Waals surface area (Å²) in [6, 6.07) is 1.91. The van der Waals surface area contributed by atoms with Gasteiger partial charge in [-0.1, -0.05) is 6.42 Å². The van der Waals surface area contributed by atoms with Crippen LogP contribution >= 0.6 is 0 Å². The van der Waals surface area contributed by atoms with Crippen LogP contribution in [0.1, 0.15) is 24.8 Å². The van der Waals surface area contributed by atoms with Crippen molar-refractivity contribution in [3.05, 3.63) is 24.0 Å². The highest BCUT2D eigenvalue weighted by atomic mass is 16.3. The molecule has 106 valence electrons. The van der Waals surface area contributed by atoms with E-state index in [4.69, 9.17) is 0 Å². The highest BCUT2D eigenvalue weighted by Gasteiger charge is 2.27. The quantitative estimate of drug-likeness (QED) is 0.863. The van der Waals surface area contributed by atoms with Crippen LogP contribution in [0.4, 0.5) is 4.79 Å². The summed E-state index contributed by atoms with van der Waals surface area (Å²) in [5.74, 6) is 0.229. The van der Waals surface area contributed by atoms with Gasteiger partial charge in [0.05, 0.1) is 6.10 Å². The monoisotopic (exact) mass is 265 g/mol. The van der Waals surface area contributed by atoms with E-state index in [0.717, 1.165) is 24.8 Å². The third-order valence-corrected chi connectivity index (χ3v) is 3.81. The van der Waals surface area contributed by atoms with Gasteiger partial charge in [-0.05, 0) is 24.5 Å². The van der Waals surface area contributed by atoms with Gasteiger partial charge in [-0.15, -0.1) is 0 Å². The number of nitrogens with zero attached hydrogens (tertiary/aromatic N) is 2. The molecule has 2 amide bonds. The van der Waals surface area contributed by atoms with Crippen LogP contribution in [0.2, 0.25) is 0 Å². The molecule has 0 aliphatic heterocycles. The molecule has 0 saturated heterocycles. The van der Waals surface area contributed by atoms with Crippen molar-refractivity contribution in [2.45, 2.75) is 31.9 Å². The minimum atomic E-state index is -0.246. The zero-order chi connectivity index (χ0) is 13.8. The van der Waals surface area contributed by atoms with Crippen molar-refractivity contribution in [3.63, 3.8) is 0 Å². The molecule has 2 N–H and O–H groups in total. The number of nitrogens with one attached hydrogen (secondary N) is 1. The largest absolute Gasteiger partial charge is 0.393 e. The van der Waals surface area contributed by atoms with Crippen LogP contribution in [0, 0.1) is 5.92 Å². The summed E-state index contributed by atoms with van der Waals surface area (Å²) in [6.45, 7) is 1.17. The van der Waals surface area contributed by atoms with E-state index < -0.39 is 0 Å². The average Bonchev–Trinajstić information content (AvgIpc) is 2.96. The Kier molecular flexibility index (Phi) is 4.47. The lowest BCUT2D eigenvalue weighted by Gasteiger charge is -2.23. The van der Waals surface area contributed by atoms with Crippen molar-refractivity contribution in [2.75, 3.05) is 13.6 Å². The van der Waals surface area contributed by atoms with Crippen LogP contribution in [-0.2, 0) is 13.6 Å². The molecular formula is C14H23N3O2. The number of aliphatic hydroxyl groups is 1. The first-order chi connectivity index (χ1) is 9.06. The van der Waals surface area contributed by atoms with Gasteiger partial charge < -0.3 is 19.9 Å². The molecule has 0 spiro atoms. The van der Waals surface area contributed by atoms with Crippen molar-refractivity contribution >= 4 is 6.03 Å². The Morgan fingerprint density at radius 1 is 1.58 bits per heavy atom. The first-order valence-electron chi connectivity index (χ1n) is 6.84. The molecule has 0 aromatic carbocycles. The molecule has 1 fully saturated rings. The van der Waals surface area contributed by atoms with Crippen LogP contribution in [0.15, 0.2) is 18.5 Å². The molecule has 5 heteroatoms. The van der Waals surface area contributed by atoms with E-state index in [1.807, 2.05) is 30.1 Å². The lowest BCUT2D eigenvalue weighted by atomic mass is 10.1. The van der Waals surface area contributed by atoms with Gasteiger partial charge in [0.25, 0.3) is 0 Å². The highest BCUT2D eigenvalue weighted by molar-refractivity contribution is 5.73. The fourth-order valence-electron chi connectivity index (χ4n) is 2.64. The van der Waals surface area contributed by atoms with Crippen LogP contribution in [-0.4, -0.2) is 40.3 Å². The SMILES string of the molecule is CN(CC1CCCC1O)C(=O)NCc1ccn(C)c1. The summed E-state index contributed by atoms with van der Waals surface area (Å²) in [7, 11) is 3.74. The van der Waals surface area contributed by atoms with Crippen molar-refractivity contribution in [3.8, 4) is 0 Å². The number of amides is 2. The molecule has 1 aromatic heterocycles. The second-order valence-electron chi connectivity index (χ2n) is 5.48. The highest BCUT2D eigenvalue weighted by Crippen LogP contribution is 2.25. The summed E-state index contributed by atoms with van der Waals surface area (Å²) in [4.78, 5) is 13.6. The molecule has 1 aliphatic rings. The molecular weight excluding hydrogens is 242 g/mol. The second-order valence-corrected chi connectivity index (χ2v) is 5.48. The Morgan fingerprint density at radius 3 is 2.95 bits per heavy atom. The van der Waals surface area contributed by atoms with E-state index >= 15 is 0 Å². The van der Waals surface area contributed by atoms with Gasteiger partial charge in [0.1, 0.15) is 0 Å². The number of aromatic nitrogens is 1. The van der Waals surface area contributed by atoms with Crippen molar-refractivity contribution < 1.29 is 9.90 Å². The van der Waals surface area contributed by atoms with Gasteiger partial charge in [-0.3, -0.25) is 0 Å². The molecule has 2 rings (SSSR count). The predicted octanol–water partition coefficient (Wildman–Crippen LogP) is 1.33. The molecule has 5 nitrogen and oxygen atoms in total. The summed E-state index contributed by atoms with van der Waals surface area (Å²) in [5.41, 5.74) is 1.09. The Hall–Kier alpha value is -1.49. The average molecular weight is 265 g/mol. The van der Waals surface area contributed by atoms with Crippen molar-refractivity contribution in [2.24, 2.45) is 13.0 Å². The van der Waals surface area contributed by atoms with Crippen LogP contribution in [0.3, 0.4) is 0 Å². The molecule has 1 aliphatic carbocycles. The number of carbonyl (C=O) groups excluding carboxylic acids is 1. The van der Waals surface area contributed by atoms with Gasteiger partial charge >= 0.3 is 6.03 Å². The van der Waals surface area contributed by atoms with E-state index in [1.54, 1.807) is 11.9 Å². The van der Waals surface area contributed by atoms with Gasteiger partial charge in [0.15, 0.2) is 0 Å². The third-order valence-electron chi connectivity index (χ3n) is 3.81. The summed E-state index contributed by atoms with van der Waals surface area (Å²) >= 11 is 0. The molecule has 2 unspecified atom stereocenters. The minimum Gasteiger partial charge on any atom is -0.393 e. The lowest BCUT2D eigenvalue weighted by Crippen LogP contribution is -2.40. The second kappa shape index (κ2) is 6.10. The fraction of sp³-hybridized carbons (Fsp3) is 0.643. The number of hydrogen-bond donors (Lipinski definition) is 2. The Bertz CT molecular complexity index is 430. The predicted molar refractivity (Wildman–Crippen MR) is 73.6 cm³/mol. The van der Waals surface area contributed by atoms with Gasteiger partial charge in [0.2, 0.25) is 0 Å². The first kappa shape index (κ1) is 13.9. The molecule has 1 heterocycles. The maximum Gasteiger partial charge on any atom is 0.317 e. The van der Waals surface area contributed by atoms with Gasteiger partial charge in [-0.2, -0.15) is 0 Å². The van der Waals surface area contributed by atoms with Crippen LogP contribution in [0.25, 0.3) is 0 Å². The number of urea groups is 1. The first-order valence-corrected chi connectivity index (χ1v) is 6.84. The minimum absolute atomic E-state index is 0.0806. The summed E-state index contributed by atoms with van der Waals surface area (Å²) in [5, 5.41) is 12.7. The van der Waals surface area contributed by atoms with Crippen LogP contribution < -0.4 is 5.32 Å². The lowest BCUT2D eigenvalue weighted by molar-refractivity contribution is 0.114. The maximum absolute atomic E-state index is 11.9. The topological polar surface area (TPSA) is 57.5 Å². The molecule has 0 bridgehead atoms. The number of aliphatic hydroxyl groups excluding tert-OH is 1. The van der Waals surface area contributed by atoms with Crippen molar-refractivity contribution in [1.29, 1.82) is 0 Å². The van der Waals surface area contributed by atoms with E-state index in [0.29, 0.717) is 13.1 Å². The summed E-state index contributed by atoms with van der Waals surface area (Å²) < 4.78 is 1.96. The summed E-state index contributed by atoms with van der Waals surface area (Å²) in [6.07, 6.45) is 6.64. The van der Waals surface area contributed by atoms with E-state index in [9.17, 15) is 9.90 Å². The van der Waals surface area contributed by atoms with Gasteiger partial charge in [0, 0.05) is 45.5 Å². The number of hydrogen-bond acceptors (Lipinski definition) is 2. The molecule has 0 radical (unpaired) electrons. The molecule has 19 heavy (non-hydrogen) atoms. The number of aryl methyl sites for hydroxylation is 1. The molecule has 1 saturated carbocycles. The normalized spacial score (nSPS) is 22.5. The number of carbonyl (C=O) groups is 1.